The maximum Gasteiger partial charge on any atom is 0.146 e. The van der Waals surface area contributed by atoms with Gasteiger partial charge in [-0.15, -0.1) is 0 Å². The van der Waals surface area contributed by atoms with Crippen molar-refractivity contribution in [3.05, 3.63) is 17.1 Å². The second-order valence-electron chi connectivity index (χ2n) is 3.92. The molecule has 4 nitrogen and oxygen atoms in total. The number of nitrogens with two attached hydrogens (primary N) is 1. The van der Waals surface area contributed by atoms with Crippen LogP contribution < -0.4 is 11.3 Å². The molecule has 90 valence electrons. The highest BCUT2D eigenvalue weighted by Crippen LogP contribution is 2.19. The second kappa shape index (κ2) is 6.06. The third-order valence-electron chi connectivity index (χ3n) is 2.31. The Bertz CT molecular complexity index is 327. The van der Waals surface area contributed by atoms with Gasteiger partial charge in [0.25, 0.3) is 0 Å². The van der Waals surface area contributed by atoms with Crippen LogP contribution in [0.3, 0.4) is 0 Å². The summed E-state index contributed by atoms with van der Waals surface area (Å²) in [5.41, 5.74) is 4.75. The summed E-state index contributed by atoms with van der Waals surface area (Å²) in [6, 6.07) is 0. The number of nitrogens with zero attached hydrogens (tertiary/aromatic N) is 2. The second-order valence-corrected chi connectivity index (χ2v) is 5.48. The fourth-order valence-electron chi connectivity index (χ4n) is 1.40. The quantitative estimate of drug-likeness (QED) is 0.610. The molecule has 0 amide bonds. The van der Waals surface area contributed by atoms with E-state index in [0.717, 1.165) is 35.1 Å². The highest BCUT2D eigenvalue weighted by molar-refractivity contribution is 7.99. The summed E-state index contributed by atoms with van der Waals surface area (Å²) in [6.07, 6.45) is 0.905. The highest BCUT2D eigenvalue weighted by Gasteiger charge is 2.09. The van der Waals surface area contributed by atoms with E-state index in [1.54, 1.807) is 0 Å². The van der Waals surface area contributed by atoms with Crippen molar-refractivity contribution in [2.75, 3.05) is 5.43 Å². The molecule has 0 aromatic carbocycles. The summed E-state index contributed by atoms with van der Waals surface area (Å²) in [5, 5.41) is 0.587. The van der Waals surface area contributed by atoms with Gasteiger partial charge in [0.1, 0.15) is 11.6 Å². The van der Waals surface area contributed by atoms with E-state index >= 15 is 0 Å². The summed E-state index contributed by atoms with van der Waals surface area (Å²) in [5.74, 6) is 7.88. The molecular formula is C11H20N4S. The Kier molecular flexibility index (Phi) is 5.02. The van der Waals surface area contributed by atoms with E-state index < -0.39 is 0 Å². The fourth-order valence-corrected chi connectivity index (χ4v) is 2.02. The molecular weight excluding hydrogens is 220 g/mol. The normalized spacial score (nSPS) is 10.9. The van der Waals surface area contributed by atoms with Gasteiger partial charge in [-0.05, 0) is 18.6 Å². The maximum absolute atomic E-state index is 5.45. The Morgan fingerprint density at radius 3 is 2.56 bits per heavy atom. The molecule has 0 atom stereocenters. The number of hydrogen-bond acceptors (Lipinski definition) is 5. The van der Waals surface area contributed by atoms with Crippen LogP contribution in [0.15, 0.2) is 0 Å². The van der Waals surface area contributed by atoms with Crippen molar-refractivity contribution < 1.29 is 0 Å². The molecule has 16 heavy (non-hydrogen) atoms. The van der Waals surface area contributed by atoms with Gasteiger partial charge in [0.15, 0.2) is 0 Å². The first-order chi connectivity index (χ1) is 7.58. The third-order valence-corrected chi connectivity index (χ3v) is 3.40. The van der Waals surface area contributed by atoms with Crippen molar-refractivity contribution in [3.8, 4) is 0 Å². The van der Waals surface area contributed by atoms with Gasteiger partial charge < -0.3 is 5.43 Å². The van der Waals surface area contributed by atoms with Crippen LogP contribution in [0.1, 0.15) is 37.9 Å². The number of nitrogens with one attached hydrogen (secondary N) is 1. The standard InChI is InChI=1S/C11H20N4S/c1-5-9-8(4)11(15-12)14-10(13-9)6-16-7(2)3/h7H,5-6,12H2,1-4H3,(H,13,14,15). The van der Waals surface area contributed by atoms with Crippen LogP contribution in [0, 0.1) is 6.92 Å². The molecule has 1 aromatic heterocycles. The number of hydrogen-bond donors (Lipinski definition) is 2. The average molecular weight is 240 g/mol. The Morgan fingerprint density at radius 1 is 1.38 bits per heavy atom. The Labute approximate surface area is 101 Å². The minimum atomic E-state index is 0.587. The number of aromatic nitrogens is 2. The maximum atomic E-state index is 5.45. The molecule has 0 saturated carbocycles. The van der Waals surface area contributed by atoms with Crippen molar-refractivity contribution in [2.24, 2.45) is 5.84 Å². The van der Waals surface area contributed by atoms with E-state index in [1.165, 1.54) is 0 Å². The highest BCUT2D eigenvalue weighted by atomic mass is 32.2. The van der Waals surface area contributed by atoms with Crippen LogP contribution in [0.25, 0.3) is 0 Å². The zero-order valence-corrected chi connectivity index (χ0v) is 11.2. The van der Waals surface area contributed by atoms with Gasteiger partial charge in [-0.2, -0.15) is 11.8 Å². The Morgan fingerprint density at radius 2 is 2.06 bits per heavy atom. The molecule has 1 heterocycles. The molecule has 1 aromatic rings. The van der Waals surface area contributed by atoms with Gasteiger partial charge >= 0.3 is 0 Å². The molecule has 0 bridgehead atoms. The molecule has 1 rings (SSSR count). The molecule has 0 aliphatic heterocycles. The number of hydrazine groups is 1. The molecule has 5 heteroatoms. The Hall–Kier alpha value is -0.810. The number of anilines is 1. The van der Waals surface area contributed by atoms with Crippen LogP contribution in [-0.2, 0) is 12.2 Å². The van der Waals surface area contributed by atoms with Crippen LogP contribution in [0.2, 0.25) is 0 Å². The number of rotatable bonds is 5. The predicted molar refractivity (Wildman–Crippen MR) is 70.4 cm³/mol. The smallest absolute Gasteiger partial charge is 0.146 e. The van der Waals surface area contributed by atoms with Gasteiger partial charge in [0, 0.05) is 11.3 Å². The first-order valence-electron chi connectivity index (χ1n) is 5.53. The van der Waals surface area contributed by atoms with Gasteiger partial charge in [-0.3, -0.25) is 0 Å². The lowest BCUT2D eigenvalue weighted by atomic mass is 10.2. The molecule has 0 radical (unpaired) electrons. The van der Waals surface area contributed by atoms with E-state index in [0.29, 0.717) is 5.25 Å². The minimum absolute atomic E-state index is 0.587. The Balaban J connectivity index is 2.93. The molecule has 3 N–H and O–H groups in total. The van der Waals surface area contributed by atoms with Crippen molar-refractivity contribution in [2.45, 2.75) is 45.1 Å². The fraction of sp³-hybridized carbons (Fsp3) is 0.636. The lowest BCUT2D eigenvalue weighted by molar-refractivity contribution is 0.914. The van der Waals surface area contributed by atoms with Gasteiger partial charge in [-0.25, -0.2) is 15.8 Å². The summed E-state index contributed by atoms with van der Waals surface area (Å²) >= 11 is 1.83. The number of thioether (sulfide) groups is 1. The van der Waals surface area contributed by atoms with E-state index in [1.807, 2.05) is 18.7 Å². The molecule has 0 spiro atoms. The van der Waals surface area contributed by atoms with Crippen molar-refractivity contribution >= 4 is 17.6 Å². The van der Waals surface area contributed by atoms with Crippen LogP contribution >= 0.6 is 11.8 Å². The summed E-state index contributed by atoms with van der Waals surface area (Å²) < 4.78 is 0. The summed E-state index contributed by atoms with van der Waals surface area (Å²) in [7, 11) is 0. The van der Waals surface area contributed by atoms with E-state index in [9.17, 15) is 0 Å². The summed E-state index contributed by atoms with van der Waals surface area (Å²) in [6.45, 7) is 8.42. The van der Waals surface area contributed by atoms with Crippen molar-refractivity contribution in [1.29, 1.82) is 0 Å². The number of nitrogen functional groups attached to an aromatic ring is 1. The minimum Gasteiger partial charge on any atom is -0.308 e. The van der Waals surface area contributed by atoms with Gasteiger partial charge in [-0.1, -0.05) is 20.8 Å². The largest absolute Gasteiger partial charge is 0.308 e. The summed E-state index contributed by atoms with van der Waals surface area (Å²) in [4.78, 5) is 8.95. The average Bonchev–Trinajstić information content (AvgIpc) is 2.27. The van der Waals surface area contributed by atoms with E-state index in [4.69, 9.17) is 5.84 Å². The first kappa shape index (κ1) is 13.3. The monoisotopic (exact) mass is 240 g/mol. The molecule has 0 fully saturated rings. The lowest BCUT2D eigenvalue weighted by Crippen LogP contribution is -2.14. The first-order valence-corrected chi connectivity index (χ1v) is 6.58. The third kappa shape index (κ3) is 3.35. The van der Waals surface area contributed by atoms with Crippen molar-refractivity contribution in [3.63, 3.8) is 0 Å². The van der Waals surface area contributed by atoms with E-state index in [-0.39, 0.29) is 0 Å². The van der Waals surface area contributed by atoms with Crippen molar-refractivity contribution in [1.82, 2.24) is 9.97 Å². The van der Waals surface area contributed by atoms with Crippen LogP contribution in [-0.4, -0.2) is 15.2 Å². The zero-order chi connectivity index (χ0) is 12.1. The lowest BCUT2D eigenvalue weighted by Gasteiger charge is -2.11. The molecule has 0 unspecified atom stereocenters. The SMILES string of the molecule is CCc1nc(CSC(C)C)nc(NN)c1C. The molecule has 0 aliphatic rings. The van der Waals surface area contributed by atoms with Gasteiger partial charge in [0.2, 0.25) is 0 Å². The zero-order valence-electron chi connectivity index (χ0n) is 10.4. The molecule has 0 aliphatic carbocycles. The number of aryl methyl sites for hydroxylation is 1. The van der Waals surface area contributed by atoms with Crippen LogP contribution in [0.4, 0.5) is 5.82 Å². The topological polar surface area (TPSA) is 63.8 Å². The van der Waals surface area contributed by atoms with Crippen LogP contribution in [0.5, 0.6) is 0 Å². The predicted octanol–water partition coefficient (Wildman–Crippen LogP) is 2.27. The molecule has 0 saturated heterocycles. The van der Waals surface area contributed by atoms with Gasteiger partial charge in [0.05, 0.1) is 5.75 Å². The van der Waals surface area contributed by atoms with E-state index in [2.05, 4.69) is 36.2 Å².